The Morgan fingerprint density at radius 2 is 1.77 bits per heavy atom. The van der Waals surface area contributed by atoms with Crippen molar-refractivity contribution in [1.82, 2.24) is 0 Å². The number of nitrogens with zero attached hydrogens (tertiary/aromatic N) is 2. The lowest BCUT2D eigenvalue weighted by Crippen LogP contribution is -2.33. The Kier molecular flexibility index (Phi) is 6.87. The summed E-state index contributed by atoms with van der Waals surface area (Å²) in [5.74, 6) is 0. The van der Waals surface area contributed by atoms with Crippen molar-refractivity contribution < 1.29 is 9.15 Å². The predicted molar refractivity (Wildman–Crippen MR) is 131 cm³/mol. The van der Waals surface area contributed by atoms with Gasteiger partial charge in [0.15, 0.2) is 5.71 Å². The number of hydrogen-bond acceptors (Lipinski definition) is 0. The Morgan fingerprint density at radius 3 is 2.53 bits per heavy atom. The highest BCUT2D eigenvalue weighted by Gasteiger charge is 2.47. The Hall–Kier alpha value is -2.74. The van der Waals surface area contributed by atoms with Gasteiger partial charge in [0.25, 0.3) is 0 Å². The number of benzene rings is 2. The van der Waals surface area contributed by atoms with Gasteiger partial charge in [-0.3, -0.25) is 0 Å². The first kappa shape index (κ1) is 22.0. The van der Waals surface area contributed by atoms with Crippen LogP contribution in [-0.2, 0) is 5.41 Å². The van der Waals surface area contributed by atoms with Gasteiger partial charge < -0.3 is 0 Å². The summed E-state index contributed by atoms with van der Waals surface area (Å²) in [4.78, 5) is 0. The average Bonchev–Trinajstić information content (AvgIpc) is 3.03. The molecule has 0 spiro atoms. The number of allylic oxidation sites excluding steroid dienone is 3. The standard InChI is InChI=1S/C26H30N2.C2H6/c1-5-27(4)23-17-8-6-12-20(23)13-10-14-21-15-11-19-28-24-18-9-7-16-22(24)26(2,3)25(21)28;1-2/h6-10,12-14,16-18H,4-5,11,15,19H2,1-3H3;1-2H3/q+2;/b13-10+,21-14+;. The summed E-state index contributed by atoms with van der Waals surface area (Å²) in [6.07, 6.45) is 9.10. The molecule has 2 heteroatoms. The van der Waals surface area contributed by atoms with Crippen LogP contribution in [0.1, 0.15) is 58.6 Å². The Balaban J connectivity index is 0.00000124. The lowest BCUT2D eigenvalue weighted by atomic mass is 9.77. The summed E-state index contributed by atoms with van der Waals surface area (Å²) in [6.45, 7) is 17.0. The molecule has 2 aromatic rings. The largest absolute Gasteiger partial charge is 0.211 e. The topological polar surface area (TPSA) is 6.02 Å². The van der Waals surface area contributed by atoms with Crippen molar-refractivity contribution in [2.24, 2.45) is 0 Å². The molecule has 0 aromatic heterocycles. The van der Waals surface area contributed by atoms with E-state index in [1.54, 1.807) is 0 Å². The average molecular weight is 401 g/mol. The second kappa shape index (κ2) is 9.38. The molecule has 2 aliphatic rings. The monoisotopic (exact) mass is 400 g/mol. The molecule has 0 N–H and O–H groups in total. The van der Waals surface area contributed by atoms with Crippen LogP contribution in [0, 0.1) is 0 Å². The maximum absolute atomic E-state index is 4.14. The zero-order chi connectivity index (χ0) is 21.7. The number of para-hydroxylation sites is 2. The van der Waals surface area contributed by atoms with Gasteiger partial charge in [-0.2, -0.15) is 4.58 Å². The van der Waals surface area contributed by atoms with Crippen molar-refractivity contribution >= 4 is 29.9 Å². The van der Waals surface area contributed by atoms with Crippen LogP contribution in [0.4, 0.5) is 11.4 Å². The summed E-state index contributed by atoms with van der Waals surface area (Å²) in [5, 5.41) is 0. The minimum atomic E-state index is 0.0565. The summed E-state index contributed by atoms with van der Waals surface area (Å²) in [7, 11) is 0. The van der Waals surface area contributed by atoms with E-state index in [2.05, 4.69) is 98.8 Å². The van der Waals surface area contributed by atoms with Gasteiger partial charge in [-0.1, -0.05) is 56.3 Å². The van der Waals surface area contributed by atoms with Gasteiger partial charge in [-0.05, 0) is 39.3 Å². The highest BCUT2D eigenvalue weighted by molar-refractivity contribution is 6.07. The molecule has 0 fully saturated rings. The van der Waals surface area contributed by atoms with E-state index in [-0.39, 0.29) is 5.41 Å². The highest BCUT2D eigenvalue weighted by atomic mass is 15.1. The summed E-state index contributed by atoms with van der Waals surface area (Å²) in [6, 6.07) is 17.3. The van der Waals surface area contributed by atoms with Crippen molar-refractivity contribution in [3.05, 3.63) is 77.4 Å². The van der Waals surface area contributed by atoms with Crippen LogP contribution in [0.2, 0.25) is 0 Å². The molecule has 4 rings (SSSR count). The molecule has 156 valence electrons. The van der Waals surface area contributed by atoms with Gasteiger partial charge in [0.2, 0.25) is 11.4 Å². The van der Waals surface area contributed by atoms with Crippen LogP contribution < -0.4 is 0 Å². The first-order valence-corrected chi connectivity index (χ1v) is 11.3. The third-order valence-corrected chi connectivity index (χ3v) is 6.09. The molecule has 0 radical (unpaired) electrons. The van der Waals surface area contributed by atoms with Crippen molar-refractivity contribution in [1.29, 1.82) is 0 Å². The number of hydrogen-bond donors (Lipinski definition) is 0. The summed E-state index contributed by atoms with van der Waals surface area (Å²) in [5.41, 5.74) is 8.21. The first-order valence-electron chi connectivity index (χ1n) is 11.3. The van der Waals surface area contributed by atoms with Gasteiger partial charge in [-0.15, -0.1) is 0 Å². The molecule has 30 heavy (non-hydrogen) atoms. The van der Waals surface area contributed by atoms with E-state index in [0.717, 1.165) is 19.5 Å². The minimum absolute atomic E-state index is 0.0565. The zero-order valence-electron chi connectivity index (χ0n) is 19.3. The van der Waals surface area contributed by atoms with E-state index >= 15 is 0 Å². The smallest absolute Gasteiger partial charge is 0.205 e. The van der Waals surface area contributed by atoms with Crippen LogP contribution >= 0.6 is 0 Å². The third kappa shape index (κ3) is 3.96. The Labute approximate surface area is 182 Å². The van der Waals surface area contributed by atoms with E-state index < -0.39 is 0 Å². The molecule has 0 bridgehead atoms. The number of fused-ring (bicyclic) bond motifs is 2. The van der Waals surface area contributed by atoms with Crippen molar-refractivity contribution in [3.63, 3.8) is 0 Å². The molecule has 0 atom stereocenters. The van der Waals surface area contributed by atoms with E-state index in [0.29, 0.717) is 0 Å². The molecular formula is C28H36N2+2. The lowest BCUT2D eigenvalue weighted by Gasteiger charge is -2.21. The second-order valence-corrected chi connectivity index (χ2v) is 8.21. The van der Waals surface area contributed by atoms with Crippen molar-refractivity contribution in [2.75, 3.05) is 13.1 Å². The van der Waals surface area contributed by atoms with Crippen LogP contribution in [0.5, 0.6) is 0 Å². The zero-order valence-corrected chi connectivity index (χ0v) is 19.3. The first-order chi connectivity index (χ1) is 14.5. The Morgan fingerprint density at radius 1 is 1.07 bits per heavy atom. The quantitative estimate of drug-likeness (QED) is 0.389. The predicted octanol–water partition coefficient (Wildman–Crippen LogP) is 6.89. The molecule has 0 saturated heterocycles. The molecule has 2 heterocycles. The molecule has 2 nitrogen and oxygen atoms in total. The molecular weight excluding hydrogens is 364 g/mol. The SMILES string of the molecule is C=[N+](CC)c1ccccc1/C=C/C=C1\CCC[N+]2=C1C(C)(C)c1ccccc12.CC. The van der Waals surface area contributed by atoms with Gasteiger partial charge in [-0.25, -0.2) is 4.58 Å². The molecule has 2 aromatic carbocycles. The Bertz CT molecular complexity index is 1020. The minimum Gasteiger partial charge on any atom is -0.205 e. The summed E-state index contributed by atoms with van der Waals surface area (Å²) < 4.78 is 4.59. The van der Waals surface area contributed by atoms with E-state index in [4.69, 9.17) is 0 Å². The van der Waals surface area contributed by atoms with E-state index in [1.165, 1.54) is 40.2 Å². The fraction of sp³-hybridized carbons (Fsp3) is 0.357. The van der Waals surface area contributed by atoms with E-state index in [1.807, 2.05) is 18.4 Å². The number of rotatable bonds is 4. The second-order valence-electron chi connectivity index (χ2n) is 8.21. The fourth-order valence-electron chi connectivity index (χ4n) is 4.69. The fourth-order valence-corrected chi connectivity index (χ4v) is 4.69. The van der Waals surface area contributed by atoms with Crippen LogP contribution in [-0.4, -0.2) is 34.7 Å². The van der Waals surface area contributed by atoms with Gasteiger partial charge >= 0.3 is 0 Å². The maximum Gasteiger partial charge on any atom is 0.211 e. The lowest BCUT2D eigenvalue weighted by molar-refractivity contribution is -0.441. The molecule has 0 saturated carbocycles. The van der Waals surface area contributed by atoms with Crippen molar-refractivity contribution in [2.45, 2.75) is 52.9 Å². The highest BCUT2D eigenvalue weighted by Crippen LogP contribution is 2.43. The normalized spacial score (nSPS) is 18.1. The van der Waals surface area contributed by atoms with Gasteiger partial charge in [0.1, 0.15) is 19.8 Å². The van der Waals surface area contributed by atoms with Crippen LogP contribution in [0.15, 0.2) is 66.3 Å². The molecule has 0 amide bonds. The van der Waals surface area contributed by atoms with Gasteiger partial charge in [0, 0.05) is 35.3 Å². The summed E-state index contributed by atoms with van der Waals surface area (Å²) >= 11 is 0. The molecule has 2 aliphatic heterocycles. The maximum atomic E-state index is 4.14. The molecule has 0 aliphatic carbocycles. The van der Waals surface area contributed by atoms with Crippen LogP contribution in [0.25, 0.3) is 6.08 Å². The van der Waals surface area contributed by atoms with Crippen molar-refractivity contribution in [3.8, 4) is 0 Å². The van der Waals surface area contributed by atoms with E-state index in [9.17, 15) is 0 Å². The molecule has 0 unspecified atom stereocenters. The van der Waals surface area contributed by atoms with Crippen LogP contribution in [0.3, 0.4) is 0 Å². The van der Waals surface area contributed by atoms with Gasteiger partial charge in [0.05, 0.1) is 5.41 Å². The third-order valence-electron chi connectivity index (χ3n) is 6.09.